The molecule has 1 aliphatic rings. The van der Waals surface area contributed by atoms with E-state index in [1.165, 1.54) is 0 Å². The van der Waals surface area contributed by atoms with E-state index in [1.807, 2.05) is 23.0 Å². The van der Waals surface area contributed by atoms with Gasteiger partial charge in [0.1, 0.15) is 0 Å². The van der Waals surface area contributed by atoms with Crippen molar-refractivity contribution in [2.75, 3.05) is 0 Å². The smallest absolute Gasteiger partial charge is 0.399 e. The molecule has 0 saturated carbocycles. The Morgan fingerprint density at radius 3 is 2.37 bits per heavy atom. The van der Waals surface area contributed by atoms with Gasteiger partial charge in [0.2, 0.25) is 0 Å². The number of nitrogens with zero attached hydrogens (tertiary/aromatic N) is 3. The summed E-state index contributed by atoms with van der Waals surface area (Å²) in [6, 6.07) is 12.3. The van der Waals surface area contributed by atoms with Crippen molar-refractivity contribution < 1.29 is 9.31 Å². The first-order chi connectivity index (χ1) is 12.7. The predicted octanol–water partition coefficient (Wildman–Crippen LogP) is 3.84. The third-order valence-corrected chi connectivity index (χ3v) is 5.68. The first-order valence-electron chi connectivity index (χ1n) is 9.49. The molecular formula is C21H26BN3O2. The summed E-state index contributed by atoms with van der Waals surface area (Å²) in [5, 5.41) is 5.63. The van der Waals surface area contributed by atoms with Gasteiger partial charge in [-0.2, -0.15) is 5.10 Å². The molecule has 4 rings (SSSR count). The van der Waals surface area contributed by atoms with Gasteiger partial charge in [0.05, 0.1) is 22.9 Å². The number of aromatic nitrogens is 3. The monoisotopic (exact) mass is 363 g/mol. The van der Waals surface area contributed by atoms with Crippen LogP contribution in [-0.2, 0) is 9.31 Å². The number of benzene rings is 1. The summed E-state index contributed by atoms with van der Waals surface area (Å²) >= 11 is 0. The van der Waals surface area contributed by atoms with Crippen LogP contribution in [0, 0.1) is 0 Å². The summed E-state index contributed by atoms with van der Waals surface area (Å²) in [7, 11) is -0.391. The Labute approximate surface area is 160 Å². The highest BCUT2D eigenvalue weighted by molar-refractivity contribution is 6.62. The van der Waals surface area contributed by atoms with E-state index in [0.717, 1.165) is 27.9 Å². The largest absolute Gasteiger partial charge is 0.494 e. The Morgan fingerprint density at radius 2 is 1.70 bits per heavy atom. The van der Waals surface area contributed by atoms with Gasteiger partial charge in [0.15, 0.2) is 5.82 Å². The van der Waals surface area contributed by atoms with Crippen LogP contribution < -0.4 is 5.46 Å². The van der Waals surface area contributed by atoms with Crippen LogP contribution in [0.25, 0.3) is 16.7 Å². The van der Waals surface area contributed by atoms with Crippen LogP contribution in [-0.4, -0.2) is 33.1 Å². The molecule has 2 aromatic heterocycles. The Kier molecular flexibility index (Phi) is 4.16. The normalized spacial score (nSPS) is 18.6. The Bertz CT molecular complexity index is 978. The predicted molar refractivity (Wildman–Crippen MR) is 109 cm³/mol. The van der Waals surface area contributed by atoms with Crippen molar-refractivity contribution in [1.29, 1.82) is 0 Å². The molecule has 0 bridgehead atoms. The molecule has 1 saturated heterocycles. The molecular weight excluding hydrogens is 337 g/mol. The van der Waals surface area contributed by atoms with Gasteiger partial charge < -0.3 is 9.31 Å². The molecule has 6 heteroatoms. The highest BCUT2D eigenvalue weighted by Crippen LogP contribution is 2.36. The van der Waals surface area contributed by atoms with Crippen molar-refractivity contribution in [2.24, 2.45) is 0 Å². The van der Waals surface area contributed by atoms with Crippen molar-refractivity contribution in [3.63, 3.8) is 0 Å². The summed E-state index contributed by atoms with van der Waals surface area (Å²) in [6.07, 6.45) is 1.87. The van der Waals surface area contributed by atoms with Gasteiger partial charge in [0.25, 0.3) is 0 Å². The average Bonchev–Trinajstić information content (AvgIpc) is 3.12. The fourth-order valence-corrected chi connectivity index (χ4v) is 3.22. The fraction of sp³-hybridized carbons (Fsp3) is 0.429. The number of hydrogen-bond acceptors (Lipinski definition) is 4. The zero-order valence-electron chi connectivity index (χ0n) is 16.9. The van der Waals surface area contributed by atoms with Crippen LogP contribution in [0.15, 0.2) is 42.6 Å². The highest BCUT2D eigenvalue weighted by atomic mass is 16.7. The molecule has 3 heterocycles. The van der Waals surface area contributed by atoms with Gasteiger partial charge in [-0.05, 0) is 57.3 Å². The van der Waals surface area contributed by atoms with Crippen LogP contribution in [0.4, 0.5) is 0 Å². The van der Waals surface area contributed by atoms with E-state index in [4.69, 9.17) is 14.3 Å². The maximum Gasteiger partial charge on any atom is 0.494 e. The molecule has 27 heavy (non-hydrogen) atoms. The van der Waals surface area contributed by atoms with Gasteiger partial charge in [-0.15, -0.1) is 0 Å². The van der Waals surface area contributed by atoms with Gasteiger partial charge in [-0.25, -0.2) is 9.67 Å². The minimum atomic E-state index is -0.391. The summed E-state index contributed by atoms with van der Waals surface area (Å²) in [4.78, 5) is 4.78. The maximum atomic E-state index is 6.20. The SMILES string of the molecule is CC(C)c1cccc(-n2ncc3ccc(B4OC(C)(C)C(C)(C)O4)cc32)n1. The first kappa shape index (κ1) is 18.2. The molecule has 1 fully saturated rings. The minimum Gasteiger partial charge on any atom is -0.399 e. The third kappa shape index (κ3) is 3.07. The molecule has 0 N–H and O–H groups in total. The van der Waals surface area contributed by atoms with E-state index in [0.29, 0.717) is 5.92 Å². The van der Waals surface area contributed by atoms with Crippen LogP contribution in [0.3, 0.4) is 0 Å². The van der Waals surface area contributed by atoms with Crippen LogP contribution in [0.5, 0.6) is 0 Å². The van der Waals surface area contributed by atoms with Gasteiger partial charge in [-0.1, -0.05) is 32.0 Å². The maximum absolute atomic E-state index is 6.20. The van der Waals surface area contributed by atoms with Crippen molar-refractivity contribution in [3.05, 3.63) is 48.3 Å². The van der Waals surface area contributed by atoms with Crippen molar-refractivity contribution in [3.8, 4) is 5.82 Å². The Balaban J connectivity index is 1.76. The average molecular weight is 363 g/mol. The summed E-state index contributed by atoms with van der Waals surface area (Å²) < 4.78 is 14.3. The van der Waals surface area contributed by atoms with Crippen molar-refractivity contribution in [1.82, 2.24) is 14.8 Å². The summed E-state index contributed by atoms with van der Waals surface area (Å²) in [5.41, 5.74) is 2.32. The standard InChI is InChI=1S/C21H26BN3O2/c1-14(2)17-8-7-9-19(24-17)25-18-12-16(11-10-15(18)13-23-25)22-26-20(3,4)21(5,6)27-22/h7-14H,1-6H3. The zero-order valence-corrected chi connectivity index (χ0v) is 16.9. The second-order valence-corrected chi connectivity index (χ2v) is 8.54. The second kappa shape index (κ2) is 6.18. The van der Waals surface area contributed by atoms with Gasteiger partial charge in [0, 0.05) is 11.1 Å². The van der Waals surface area contributed by atoms with Gasteiger partial charge >= 0.3 is 7.12 Å². The molecule has 0 aliphatic carbocycles. The lowest BCUT2D eigenvalue weighted by molar-refractivity contribution is 0.00578. The zero-order chi connectivity index (χ0) is 19.4. The van der Waals surface area contributed by atoms with Crippen molar-refractivity contribution >= 4 is 23.5 Å². The topological polar surface area (TPSA) is 49.2 Å². The fourth-order valence-electron chi connectivity index (χ4n) is 3.22. The highest BCUT2D eigenvalue weighted by Gasteiger charge is 2.51. The quantitative estimate of drug-likeness (QED) is 0.664. The molecule has 1 aliphatic heterocycles. The molecule has 140 valence electrons. The third-order valence-electron chi connectivity index (χ3n) is 5.68. The number of hydrogen-bond donors (Lipinski definition) is 0. The molecule has 0 radical (unpaired) electrons. The molecule has 5 nitrogen and oxygen atoms in total. The lowest BCUT2D eigenvalue weighted by Gasteiger charge is -2.32. The lowest BCUT2D eigenvalue weighted by atomic mass is 9.79. The Hall–Kier alpha value is -2.18. The summed E-state index contributed by atoms with van der Waals surface area (Å²) in [5.74, 6) is 1.19. The van der Waals surface area contributed by atoms with E-state index in [1.54, 1.807) is 0 Å². The number of rotatable bonds is 3. The van der Waals surface area contributed by atoms with Crippen LogP contribution in [0.1, 0.15) is 53.2 Å². The molecule has 0 spiro atoms. The second-order valence-electron chi connectivity index (χ2n) is 8.54. The van der Waals surface area contributed by atoms with E-state index in [2.05, 4.69) is 70.9 Å². The molecule has 0 atom stereocenters. The molecule has 0 amide bonds. The molecule has 3 aromatic rings. The number of pyridine rings is 1. The van der Waals surface area contributed by atoms with E-state index >= 15 is 0 Å². The van der Waals surface area contributed by atoms with E-state index in [9.17, 15) is 0 Å². The van der Waals surface area contributed by atoms with Crippen LogP contribution in [0.2, 0.25) is 0 Å². The lowest BCUT2D eigenvalue weighted by Crippen LogP contribution is -2.41. The first-order valence-corrected chi connectivity index (χ1v) is 9.49. The molecule has 0 unspecified atom stereocenters. The van der Waals surface area contributed by atoms with E-state index in [-0.39, 0.29) is 11.2 Å². The van der Waals surface area contributed by atoms with Crippen LogP contribution >= 0.6 is 0 Å². The minimum absolute atomic E-state index is 0.361. The molecule has 1 aromatic carbocycles. The van der Waals surface area contributed by atoms with Gasteiger partial charge in [-0.3, -0.25) is 0 Å². The Morgan fingerprint density at radius 1 is 1.00 bits per heavy atom. The number of fused-ring (bicyclic) bond motifs is 1. The van der Waals surface area contributed by atoms with E-state index < -0.39 is 7.12 Å². The van der Waals surface area contributed by atoms with Crippen molar-refractivity contribution in [2.45, 2.75) is 58.7 Å². The summed E-state index contributed by atoms with van der Waals surface area (Å²) in [6.45, 7) is 12.6.